The molecular formula is C54H36N2S. The van der Waals surface area contributed by atoms with Gasteiger partial charge in [-0.2, -0.15) is 0 Å². The first-order valence-electron chi connectivity index (χ1n) is 19.4. The van der Waals surface area contributed by atoms with E-state index >= 15 is 0 Å². The Kier molecular flexibility index (Phi) is 8.04. The Bertz CT molecular complexity index is 3210. The molecule has 0 aliphatic carbocycles. The van der Waals surface area contributed by atoms with Gasteiger partial charge in [0, 0.05) is 53.7 Å². The van der Waals surface area contributed by atoms with Crippen molar-refractivity contribution < 1.29 is 0 Å². The van der Waals surface area contributed by atoms with Crippen LogP contribution in [0, 0.1) is 0 Å². The topological polar surface area (TPSA) is 8.17 Å². The lowest BCUT2D eigenvalue weighted by atomic mass is 10.0. The highest BCUT2D eigenvalue weighted by Gasteiger charge is 2.17. The average Bonchev–Trinajstić information content (AvgIpc) is 3.83. The average molecular weight is 745 g/mol. The van der Waals surface area contributed by atoms with Gasteiger partial charge in [0.05, 0.1) is 11.0 Å². The molecule has 2 heterocycles. The minimum Gasteiger partial charge on any atom is -0.310 e. The van der Waals surface area contributed by atoms with Gasteiger partial charge in [-0.15, -0.1) is 11.3 Å². The Labute approximate surface area is 335 Å². The molecule has 0 atom stereocenters. The number of nitrogens with zero attached hydrogens (tertiary/aromatic N) is 2. The highest BCUT2D eigenvalue weighted by molar-refractivity contribution is 7.26. The van der Waals surface area contributed by atoms with E-state index in [1.807, 2.05) is 11.3 Å². The maximum atomic E-state index is 2.38. The third kappa shape index (κ3) is 5.80. The SMILES string of the molecule is c1ccc(-c2ccc(N(c3ccc(-c4ccc5c(c4)c4ccccc4n5-c4ccccc4)cc3)c3cccc(-c4cccc5c4sc4ccccc45)c3)cc2)cc1. The number of hydrogen-bond acceptors (Lipinski definition) is 2. The molecule has 11 aromatic rings. The molecule has 9 aromatic carbocycles. The molecule has 3 heteroatoms. The third-order valence-electron chi connectivity index (χ3n) is 11.2. The second kappa shape index (κ2) is 13.8. The maximum absolute atomic E-state index is 2.38. The highest BCUT2D eigenvalue weighted by atomic mass is 32.1. The van der Waals surface area contributed by atoms with E-state index in [4.69, 9.17) is 0 Å². The van der Waals surface area contributed by atoms with Crippen molar-refractivity contribution in [1.82, 2.24) is 4.57 Å². The van der Waals surface area contributed by atoms with E-state index < -0.39 is 0 Å². The van der Waals surface area contributed by atoms with Crippen molar-refractivity contribution in [2.75, 3.05) is 4.90 Å². The van der Waals surface area contributed by atoms with Crippen LogP contribution in [-0.2, 0) is 0 Å². The van der Waals surface area contributed by atoms with Crippen LogP contribution in [-0.4, -0.2) is 4.57 Å². The van der Waals surface area contributed by atoms with Gasteiger partial charge in [-0.1, -0.05) is 146 Å². The summed E-state index contributed by atoms with van der Waals surface area (Å²) in [6, 6.07) is 79.3. The fraction of sp³-hybridized carbons (Fsp3) is 0. The van der Waals surface area contributed by atoms with Crippen LogP contribution in [0.2, 0.25) is 0 Å². The van der Waals surface area contributed by atoms with Crippen molar-refractivity contribution in [1.29, 1.82) is 0 Å². The van der Waals surface area contributed by atoms with Crippen molar-refractivity contribution >= 4 is 70.4 Å². The number of thiophene rings is 1. The number of aromatic nitrogens is 1. The minimum absolute atomic E-state index is 1.10. The fourth-order valence-corrected chi connectivity index (χ4v) is 9.72. The first-order valence-corrected chi connectivity index (χ1v) is 20.2. The second-order valence-electron chi connectivity index (χ2n) is 14.5. The highest BCUT2D eigenvalue weighted by Crippen LogP contribution is 2.43. The summed E-state index contributed by atoms with van der Waals surface area (Å²) in [4.78, 5) is 2.38. The van der Waals surface area contributed by atoms with Crippen LogP contribution in [0.4, 0.5) is 17.1 Å². The summed E-state index contributed by atoms with van der Waals surface area (Å²) >= 11 is 1.88. The van der Waals surface area contributed by atoms with Crippen molar-refractivity contribution in [3.8, 4) is 39.1 Å². The van der Waals surface area contributed by atoms with Crippen LogP contribution in [0.1, 0.15) is 0 Å². The maximum Gasteiger partial charge on any atom is 0.0541 e. The van der Waals surface area contributed by atoms with Crippen molar-refractivity contribution in [3.05, 3.63) is 218 Å². The zero-order valence-corrected chi connectivity index (χ0v) is 31.9. The summed E-state index contributed by atoms with van der Waals surface area (Å²) in [5, 5.41) is 5.13. The van der Waals surface area contributed by atoms with Gasteiger partial charge >= 0.3 is 0 Å². The molecule has 11 rings (SSSR count). The van der Waals surface area contributed by atoms with Gasteiger partial charge in [0.25, 0.3) is 0 Å². The summed E-state index contributed by atoms with van der Waals surface area (Å²) in [5.74, 6) is 0. The van der Waals surface area contributed by atoms with E-state index in [1.165, 1.54) is 81.0 Å². The van der Waals surface area contributed by atoms with E-state index in [0.29, 0.717) is 0 Å². The van der Waals surface area contributed by atoms with Gasteiger partial charge in [0.1, 0.15) is 0 Å². The molecule has 0 saturated heterocycles. The summed E-state index contributed by atoms with van der Waals surface area (Å²) in [6.07, 6.45) is 0. The molecule has 0 bridgehead atoms. The summed E-state index contributed by atoms with van der Waals surface area (Å²) < 4.78 is 5.01. The van der Waals surface area contributed by atoms with E-state index in [0.717, 1.165) is 17.1 Å². The van der Waals surface area contributed by atoms with Gasteiger partial charge in [0.15, 0.2) is 0 Å². The number of fused-ring (bicyclic) bond motifs is 6. The van der Waals surface area contributed by atoms with Crippen LogP contribution >= 0.6 is 11.3 Å². The molecule has 0 aliphatic rings. The lowest BCUT2D eigenvalue weighted by Crippen LogP contribution is -2.10. The third-order valence-corrected chi connectivity index (χ3v) is 12.4. The minimum atomic E-state index is 1.10. The smallest absolute Gasteiger partial charge is 0.0541 e. The van der Waals surface area contributed by atoms with Crippen LogP contribution in [0.5, 0.6) is 0 Å². The number of para-hydroxylation sites is 2. The van der Waals surface area contributed by atoms with Crippen LogP contribution in [0.15, 0.2) is 218 Å². The molecule has 0 amide bonds. The van der Waals surface area contributed by atoms with E-state index in [9.17, 15) is 0 Å². The number of hydrogen-bond donors (Lipinski definition) is 0. The number of benzene rings is 9. The molecule has 2 aromatic heterocycles. The predicted octanol–water partition coefficient (Wildman–Crippen LogP) is 15.6. The Hall–Kier alpha value is -7.20. The van der Waals surface area contributed by atoms with E-state index in [-0.39, 0.29) is 0 Å². The predicted molar refractivity (Wildman–Crippen MR) is 245 cm³/mol. The normalized spacial score (nSPS) is 11.5. The fourth-order valence-electron chi connectivity index (χ4n) is 8.48. The summed E-state index contributed by atoms with van der Waals surface area (Å²) in [5.41, 5.74) is 14.2. The summed E-state index contributed by atoms with van der Waals surface area (Å²) in [6.45, 7) is 0. The quantitative estimate of drug-likeness (QED) is 0.158. The molecule has 0 fully saturated rings. The molecule has 268 valence electrons. The zero-order valence-electron chi connectivity index (χ0n) is 31.1. The standard InChI is InChI=1S/C54H36N2S/c1-3-13-37(14-4-1)38-25-30-43(31-26-38)55(45-18-11-15-41(35-45)46-21-12-22-49-48-20-8-10-24-53(48)57-54(46)49)44-32-27-39(28-33-44)40-29-34-52-50(36-40)47-19-7-9-23-51(47)56(52)42-16-5-2-6-17-42/h1-36H. The van der Waals surface area contributed by atoms with E-state index in [1.54, 1.807) is 0 Å². The van der Waals surface area contributed by atoms with Gasteiger partial charge in [-0.25, -0.2) is 0 Å². The molecule has 0 saturated carbocycles. The van der Waals surface area contributed by atoms with Crippen LogP contribution < -0.4 is 4.90 Å². The first-order chi connectivity index (χ1) is 28.3. The largest absolute Gasteiger partial charge is 0.310 e. The molecule has 0 radical (unpaired) electrons. The van der Waals surface area contributed by atoms with Gasteiger partial charge in [-0.3, -0.25) is 0 Å². The summed E-state index contributed by atoms with van der Waals surface area (Å²) in [7, 11) is 0. The van der Waals surface area contributed by atoms with Crippen molar-refractivity contribution in [2.45, 2.75) is 0 Å². The Morgan fingerprint density at radius 2 is 0.895 bits per heavy atom. The second-order valence-corrected chi connectivity index (χ2v) is 15.6. The van der Waals surface area contributed by atoms with Gasteiger partial charge in [-0.05, 0) is 106 Å². The molecule has 0 N–H and O–H groups in total. The molecule has 0 unspecified atom stereocenters. The van der Waals surface area contributed by atoms with Gasteiger partial charge < -0.3 is 9.47 Å². The first kappa shape index (κ1) is 33.2. The molecule has 0 spiro atoms. The Morgan fingerprint density at radius 3 is 1.67 bits per heavy atom. The molecular weight excluding hydrogens is 709 g/mol. The van der Waals surface area contributed by atoms with Gasteiger partial charge in [0.2, 0.25) is 0 Å². The van der Waals surface area contributed by atoms with Crippen LogP contribution in [0.3, 0.4) is 0 Å². The lowest BCUT2D eigenvalue weighted by molar-refractivity contribution is 1.18. The molecule has 57 heavy (non-hydrogen) atoms. The molecule has 2 nitrogen and oxygen atoms in total. The Balaban J connectivity index is 1.01. The Morgan fingerprint density at radius 1 is 0.333 bits per heavy atom. The lowest BCUT2D eigenvalue weighted by Gasteiger charge is -2.26. The zero-order chi connectivity index (χ0) is 37.7. The van der Waals surface area contributed by atoms with Crippen molar-refractivity contribution in [3.63, 3.8) is 0 Å². The monoisotopic (exact) mass is 744 g/mol. The number of rotatable bonds is 7. The number of anilines is 3. The van der Waals surface area contributed by atoms with Crippen molar-refractivity contribution in [2.24, 2.45) is 0 Å². The van der Waals surface area contributed by atoms with E-state index in [2.05, 4.69) is 228 Å². The van der Waals surface area contributed by atoms with Crippen LogP contribution in [0.25, 0.3) is 81.0 Å². The molecule has 0 aliphatic heterocycles.